The van der Waals surface area contributed by atoms with Crippen LogP contribution in [-0.4, -0.2) is 19.4 Å². The van der Waals surface area contributed by atoms with E-state index >= 15 is 0 Å². The van der Waals surface area contributed by atoms with Gasteiger partial charge < -0.3 is 10.5 Å². The Kier molecular flexibility index (Phi) is 4.24. The average Bonchev–Trinajstić information content (AvgIpc) is 2.22. The first kappa shape index (κ1) is 12.4. The van der Waals surface area contributed by atoms with Crippen LogP contribution < -0.4 is 15.9 Å². The molecule has 0 aromatic heterocycles. The third-order valence-electron chi connectivity index (χ3n) is 1.65. The van der Waals surface area contributed by atoms with Gasteiger partial charge in [-0.3, -0.25) is 0 Å². The number of urea groups is 1. The molecule has 0 atom stereocenters. The third kappa shape index (κ3) is 3.20. The third-order valence-corrected chi connectivity index (χ3v) is 2.27. The number of halogens is 2. The predicted octanol–water partition coefficient (Wildman–Crippen LogP) is 1.60. The van der Waals surface area contributed by atoms with Crippen molar-refractivity contribution in [2.45, 2.75) is 0 Å². The molecule has 0 saturated heterocycles. The Morgan fingerprint density at radius 3 is 2.94 bits per heavy atom. The molecule has 0 fully saturated rings. The van der Waals surface area contributed by atoms with E-state index in [2.05, 4.69) is 21.0 Å². The van der Waals surface area contributed by atoms with Crippen molar-refractivity contribution in [1.29, 1.82) is 0 Å². The maximum absolute atomic E-state index is 13.4. The second kappa shape index (κ2) is 5.45. The minimum absolute atomic E-state index is 0.196. The van der Waals surface area contributed by atoms with Crippen molar-refractivity contribution in [2.24, 2.45) is 10.8 Å². The highest BCUT2D eigenvalue weighted by Crippen LogP contribution is 2.27. The average molecular weight is 290 g/mol. The number of amides is 2. The highest BCUT2D eigenvalue weighted by atomic mass is 79.9. The fourth-order valence-corrected chi connectivity index (χ4v) is 1.49. The molecule has 0 heterocycles. The highest BCUT2D eigenvalue weighted by molar-refractivity contribution is 9.10. The highest BCUT2D eigenvalue weighted by Gasteiger charge is 2.06. The van der Waals surface area contributed by atoms with Crippen molar-refractivity contribution in [3.63, 3.8) is 0 Å². The minimum Gasteiger partial charge on any atom is -0.495 e. The van der Waals surface area contributed by atoms with E-state index in [9.17, 15) is 9.18 Å². The summed E-state index contributed by atoms with van der Waals surface area (Å²) < 4.78 is 18.9. The van der Waals surface area contributed by atoms with Gasteiger partial charge in [-0.15, -0.1) is 0 Å². The zero-order valence-corrected chi connectivity index (χ0v) is 9.92. The number of nitrogens with two attached hydrogens (primary N) is 1. The number of benzene rings is 1. The van der Waals surface area contributed by atoms with E-state index in [0.29, 0.717) is 10.2 Å². The van der Waals surface area contributed by atoms with Gasteiger partial charge in [0.1, 0.15) is 11.6 Å². The first-order chi connectivity index (χ1) is 7.54. The number of hydrogen-bond acceptors (Lipinski definition) is 3. The monoisotopic (exact) mass is 289 g/mol. The molecule has 0 spiro atoms. The second-order valence-electron chi connectivity index (χ2n) is 2.74. The van der Waals surface area contributed by atoms with E-state index < -0.39 is 11.8 Å². The number of hydrogen-bond donors (Lipinski definition) is 2. The molecule has 0 aliphatic carbocycles. The number of hydrazone groups is 1. The number of carbonyl (C=O) groups is 1. The lowest BCUT2D eigenvalue weighted by Gasteiger charge is -2.04. The van der Waals surface area contributed by atoms with Crippen LogP contribution in [0.3, 0.4) is 0 Å². The van der Waals surface area contributed by atoms with E-state index in [-0.39, 0.29) is 5.56 Å². The van der Waals surface area contributed by atoms with Gasteiger partial charge in [-0.1, -0.05) is 0 Å². The number of ether oxygens (including phenoxy) is 1. The van der Waals surface area contributed by atoms with Crippen LogP contribution in [-0.2, 0) is 0 Å². The molecule has 0 bridgehead atoms. The predicted molar refractivity (Wildman–Crippen MR) is 61.0 cm³/mol. The van der Waals surface area contributed by atoms with E-state index in [1.807, 2.05) is 5.43 Å². The Bertz CT molecular complexity index is 437. The van der Waals surface area contributed by atoms with E-state index in [1.165, 1.54) is 19.2 Å². The molecule has 1 aromatic carbocycles. The van der Waals surface area contributed by atoms with Crippen LogP contribution in [0.25, 0.3) is 0 Å². The lowest BCUT2D eigenvalue weighted by atomic mass is 10.2. The van der Waals surface area contributed by atoms with Crippen LogP contribution in [0.5, 0.6) is 5.75 Å². The zero-order chi connectivity index (χ0) is 12.1. The summed E-state index contributed by atoms with van der Waals surface area (Å²) >= 11 is 3.20. The molecule has 86 valence electrons. The van der Waals surface area contributed by atoms with Crippen molar-refractivity contribution in [2.75, 3.05) is 7.11 Å². The summed E-state index contributed by atoms with van der Waals surface area (Å²) in [7, 11) is 1.43. The quantitative estimate of drug-likeness (QED) is 0.655. The molecular formula is C9H9BrFN3O2. The smallest absolute Gasteiger partial charge is 0.332 e. The first-order valence-electron chi connectivity index (χ1n) is 4.16. The molecule has 0 aliphatic rings. The zero-order valence-electron chi connectivity index (χ0n) is 8.33. The number of carbonyl (C=O) groups excluding carboxylic acids is 1. The number of methoxy groups -OCH3 is 1. The van der Waals surface area contributed by atoms with Gasteiger partial charge in [0.15, 0.2) is 0 Å². The molecule has 0 saturated carbocycles. The molecular weight excluding hydrogens is 281 g/mol. The molecule has 3 N–H and O–H groups in total. The van der Waals surface area contributed by atoms with Crippen LogP contribution in [0.2, 0.25) is 0 Å². The van der Waals surface area contributed by atoms with Crippen molar-refractivity contribution < 1.29 is 13.9 Å². The van der Waals surface area contributed by atoms with Gasteiger partial charge in [-0.05, 0) is 22.0 Å². The number of nitrogens with one attached hydrogen (secondary N) is 1. The molecule has 0 radical (unpaired) electrons. The summed E-state index contributed by atoms with van der Waals surface area (Å²) in [5.41, 5.74) is 6.94. The topological polar surface area (TPSA) is 76.7 Å². The van der Waals surface area contributed by atoms with Gasteiger partial charge in [0.05, 0.1) is 17.8 Å². The normalized spacial score (nSPS) is 10.4. The second-order valence-corrected chi connectivity index (χ2v) is 3.60. The molecule has 5 nitrogen and oxygen atoms in total. The molecule has 7 heteroatoms. The molecule has 2 amide bonds. The van der Waals surface area contributed by atoms with Gasteiger partial charge in [0.2, 0.25) is 0 Å². The van der Waals surface area contributed by atoms with E-state index in [1.54, 1.807) is 0 Å². The maximum Gasteiger partial charge on any atom is 0.332 e. The Morgan fingerprint density at radius 1 is 1.69 bits per heavy atom. The molecule has 1 aromatic rings. The number of primary amides is 1. The molecule has 1 rings (SSSR count). The fraction of sp³-hybridized carbons (Fsp3) is 0.111. The molecule has 16 heavy (non-hydrogen) atoms. The summed E-state index contributed by atoms with van der Waals surface area (Å²) in [6.07, 6.45) is 1.14. The first-order valence-corrected chi connectivity index (χ1v) is 4.95. The lowest BCUT2D eigenvalue weighted by Crippen LogP contribution is -2.24. The fourth-order valence-electron chi connectivity index (χ4n) is 0.965. The largest absolute Gasteiger partial charge is 0.495 e. The summed E-state index contributed by atoms with van der Waals surface area (Å²) in [5, 5.41) is 3.45. The lowest BCUT2D eigenvalue weighted by molar-refractivity contribution is 0.249. The van der Waals surface area contributed by atoms with Gasteiger partial charge in [0.25, 0.3) is 0 Å². The van der Waals surface area contributed by atoms with Gasteiger partial charge in [0, 0.05) is 11.6 Å². The van der Waals surface area contributed by atoms with Crippen LogP contribution in [0.1, 0.15) is 5.56 Å². The van der Waals surface area contributed by atoms with Crippen LogP contribution >= 0.6 is 15.9 Å². The summed E-state index contributed by atoms with van der Waals surface area (Å²) in [6, 6.07) is 1.86. The number of rotatable bonds is 3. The maximum atomic E-state index is 13.4. The van der Waals surface area contributed by atoms with Crippen molar-refractivity contribution in [3.8, 4) is 5.75 Å². The Morgan fingerprint density at radius 2 is 2.38 bits per heavy atom. The van der Waals surface area contributed by atoms with Crippen LogP contribution in [0, 0.1) is 5.82 Å². The number of nitrogens with zero attached hydrogens (tertiary/aromatic N) is 1. The van der Waals surface area contributed by atoms with Crippen molar-refractivity contribution in [3.05, 3.63) is 28.0 Å². The Hall–Kier alpha value is -1.63. The van der Waals surface area contributed by atoms with Gasteiger partial charge in [-0.25, -0.2) is 14.6 Å². The Balaban J connectivity index is 2.93. The SMILES string of the molecule is COc1cc(F)c(C=NNC(N)=O)cc1Br. The molecule has 0 unspecified atom stereocenters. The van der Waals surface area contributed by atoms with Gasteiger partial charge >= 0.3 is 6.03 Å². The molecule has 0 aliphatic heterocycles. The standard InChI is InChI=1S/C9H9BrFN3O2/c1-16-8-3-7(11)5(2-6(8)10)4-13-14-9(12)15/h2-4H,1H3,(H3,12,14,15). The van der Waals surface area contributed by atoms with Gasteiger partial charge in [-0.2, -0.15) is 5.10 Å². The van der Waals surface area contributed by atoms with E-state index in [4.69, 9.17) is 10.5 Å². The van der Waals surface area contributed by atoms with Crippen LogP contribution in [0.4, 0.5) is 9.18 Å². The summed E-state index contributed by atoms with van der Waals surface area (Å²) in [6.45, 7) is 0. The summed E-state index contributed by atoms with van der Waals surface area (Å²) in [4.78, 5) is 10.3. The van der Waals surface area contributed by atoms with Crippen molar-refractivity contribution in [1.82, 2.24) is 5.43 Å². The minimum atomic E-state index is -0.816. The van der Waals surface area contributed by atoms with E-state index in [0.717, 1.165) is 6.21 Å². The summed E-state index contributed by atoms with van der Waals surface area (Å²) in [5.74, 6) is -0.146. The van der Waals surface area contributed by atoms with Crippen LogP contribution in [0.15, 0.2) is 21.7 Å². The Labute approximate surface area is 99.6 Å². The van der Waals surface area contributed by atoms with Crippen molar-refractivity contribution >= 4 is 28.2 Å².